The smallest absolute Gasteiger partial charge is 0.200 e. The molecular formula is C23H43IN5O2P. The topological polar surface area (TPSA) is 81.0 Å². The number of hydrogen-bond acceptors (Lipinski definition) is 5. The highest BCUT2D eigenvalue weighted by Gasteiger charge is 2.17. The SMILES string of the molecule is CC(C)Nc1cc(C(=O)C(C)C)n(C)c1.CC(C)Nc1cn(C)c(C(=O)C(C)C)n1.I.P. The summed E-state index contributed by atoms with van der Waals surface area (Å²) in [5, 5.41) is 6.46. The lowest BCUT2D eigenvalue weighted by Gasteiger charge is -2.05. The third-order valence-electron chi connectivity index (χ3n) is 4.29. The predicted octanol–water partition coefficient (Wildman–Crippen LogP) is 5.44. The van der Waals surface area contributed by atoms with Gasteiger partial charge in [0.1, 0.15) is 5.82 Å². The Kier molecular flexibility index (Phi) is 15.0. The molecule has 0 fully saturated rings. The molecule has 0 saturated carbocycles. The molecule has 1 atom stereocenters. The lowest BCUT2D eigenvalue weighted by Crippen LogP contribution is -2.13. The van der Waals surface area contributed by atoms with E-state index in [9.17, 15) is 9.59 Å². The first kappa shape index (κ1) is 32.8. The van der Waals surface area contributed by atoms with Crippen molar-refractivity contribution in [2.24, 2.45) is 25.9 Å². The molecule has 2 aromatic rings. The van der Waals surface area contributed by atoms with Gasteiger partial charge in [0, 0.05) is 50.4 Å². The van der Waals surface area contributed by atoms with Crippen molar-refractivity contribution in [1.82, 2.24) is 14.1 Å². The van der Waals surface area contributed by atoms with E-state index in [1.165, 1.54) is 0 Å². The summed E-state index contributed by atoms with van der Waals surface area (Å²) in [5.74, 6) is 1.58. The van der Waals surface area contributed by atoms with Crippen LogP contribution >= 0.6 is 33.9 Å². The quantitative estimate of drug-likeness (QED) is 0.248. The molecule has 0 radical (unpaired) electrons. The average Bonchev–Trinajstić information content (AvgIpc) is 3.14. The van der Waals surface area contributed by atoms with E-state index >= 15 is 0 Å². The number of Topliss-reactive ketones (excluding diaryl/α,β-unsaturated/α-hetero) is 2. The van der Waals surface area contributed by atoms with Crippen molar-refractivity contribution < 1.29 is 9.59 Å². The van der Waals surface area contributed by atoms with E-state index in [0.717, 1.165) is 17.2 Å². The number of aromatic nitrogens is 3. The van der Waals surface area contributed by atoms with Crippen molar-refractivity contribution in [1.29, 1.82) is 0 Å². The Morgan fingerprint density at radius 1 is 0.812 bits per heavy atom. The van der Waals surface area contributed by atoms with E-state index in [0.29, 0.717) is 17.9 Å². The second-order valence-corrected chi connectivity index (χ2v) is 8.92. The number of nitrogens with zero attached hydrogens (tertiary/aromatic N) is 3. The highest BCUT2D eigenvalue weighted by Crippen LogP contribution is 2.17. The summed E-state index contributed by atoms with van der Waals surface area (Å²) >= 11 is 0. The minimum Gasteiger partial charge on any atom is -0.382 e. The molecule has 0 aliphatic heterocycles. The lowest BCUT2D eigenvalue weighted by molar-refractivity contribution is 0.0921. The fourth-order valence-electron chi connectivity index (χ4n) is 2.84. The van der Waals surface area contributed by atoms with Crippen LogP contribution in [0.5, 0.6) is 0 Å². The van der Waals surface area contributed by atoms with Crippen molar-refractivity contribution in [3.05, 3.63) is 30.0 Å². The van der Waals surface area contributed by atoms with Crippen LogP contribution in [-0.4, -0.2) is 37.8 Å². The van der Waals surface area contributed by atoms with E-state index in [2.05, 4.69) is 29.5 Å². The van der Waals surface area contributed by atoms with Gasteiger partial charge in [-0.1, -0.05) is 27.7 Å². The van der Waals surface area contributed by atoms with Crippen molar-refractivity contribution in [3.8, 4) is 0 Å². The van der Waals surface area contributed by atoms with Gasteiger partial charge in [0.25, 0.3) is 0 Å². The van der Waals surface area contributed by atoms with Crippen molar-refractivity contribution in [2.45, 2.75) is 67.5 Å². The van der Waals surface area contributed by atoms with E-state index in [4.69, 9.17) is 0 Å². The Bertz CT molecular complexity index is 786. The van der Waals surface area contributed by atoms with Crippen molar-refractivity contribution in [3.63, 3.8) is 0 Å². The first-order valence-corrected chi connectivity index (χ1v) is 10.6. The maximum absolute atomic E-state index is 11.8. The van der Waals surface area contributed by atoms with Gasteiger partial charge in [0.2, 0.25) is 5.78 Å². The highest BCUT2D eigenvalue weighted by atomic mass is 127. The zero-order valence-electron chi connectivity index (χ0n) is 21.3. The molecule has 2 aromatic heterocycles. The summed E-state index contributed by atoms with van der Waals surface area (Å²) < 4.78 is 3.65. The molecule has 0 amide bonds. The maximum Gasteiger partial charge on any atom is 0.200 e. The number of hydrogen-bond donors (Lipinski definition) is 2. The monoisotopic (exact) mass is 579 g/mol. The Hall–Kier alpha value is -1.41. The molecule has 0 aromatic carbocycles. The summed E-state index contributed by atoms with van der Waals surface area (Å²) in [6, 6.07) is 2.62. The van der Waals surface area contributed by atoms with Gasteiger partial charge < -0.3 is 19.8 Å². The van der Waals surface area contributed by atoms with Crippen molar-refractivity contribution >= 4 is 56.9 Å². The molecule has 0 aliphatic carbocycles. The minimum absolute atomic E-state index is 0. The largest absolute Gasteiger partial charge is 0.382 e. The summed E-state index contributed by atoms with van der Waals surface area (Å²) in [4.78, 5) is 27.8. The molecule has 0 spiro atoms. The fraction of sp³-hybridized carbons (Fsp3) is 0.609. The number of carbonyl (C=O) groups excluding carboxylic acids is 2. The summed E-state index contributed by atoms with van der Waals surface area (Å²) in [7, 11) is 3.75. The van der Waals surface area contributed by atoms with Gasteiger partial charge in [-0.3, -0.25) is 9.59 Å². The van der Waals surface area contributed by atoms with Gasteiger partial charge in [-0.25, -0.2) is 4.98 Å². The summed E-state index contributed by atoms with van der Waals surface area (Å²) in [6.07, 6.45) is 3.80. The first-order chi connectivity index (χ1) is 13.8. The zero-order valence-corrected chi connectivity index (χ0v) is 25.1. The molecule has 7 nitrogen and oxygen atoms in total. The molecule has 0 aliphatic rings. The van der Waals surface area contributed by atoms with Gasteiger partial charge in [-0.2, -0.15) is 9.90 Å². The van der Waals surface area contributed by atoms with Gasteiger partial charge in [0.15, 0.2) is 11.6 Å². The van der Waals surface area contributed by atoms with Gasteiger partial charge >= 0.3 is 0 Å². The Morgan fingerprint density at radius 3 is 1.75 bits per heavy atom. The fourth-order valence-corrected chi connectivity index (χ4v) is 2.84. The predicted molar refractivity (Wildman–Crippen MR) is 151 cm³/mol. The molecule has 184 valence electrons. The molecule has 0 bridgehead atoms. The molecule has 1 unspecified atom stereocenters. The molecule has 2 N–H and O–H groups in total. The average molecular weight is 580 g/mol. The number of imidazole rings is 1. The highest BCUT2D eigenvalue weighted by molar-refractivity contribution is 14.0. The van der Waals surface area contributed by atoms with E-state index in [1.807, 2.05) is 78.7 Å². The number of ketones is 2. The minimum atomic E-state index is -0.0157. The van der Waals surface area contributed by atoms with Crippen LogP contribution in [0.2, 0.25) is 0 Å². The van der Waals surface area contributed by atoms with Crippen LogP contribution in [0, 0.1) is 11.8 Å². The Labute approximate surface area is 214 Å². The summed E-state index contributed by atoms with van der Waals surface area (Å²) in [6.45, 7) is 15.8. The molecule has 2 heterocycles. The Balaban J connectivity index is 0. The van der Waals surface area contributed by atoms with Crippen LogP contribution in [0.15, 0.2) is 18.5 Å². The number of carbonyl (C=O) groups is 2. The van der Waals surface area contributed by atoms with Crippen molar-refractivity contribution in [2.75, 3.05) is 10.6 Å². The second kappa shape index (κ2) is 14.7. The first-order valence-electron chi connectivity index (χ1n) is 10.6. The second-order valence-electron chi connectivity index (χ2n) is 8.92. The van der Waals surface area contributed by atoms with E-state index < -0.39 is 0 Å². The van der Waals surface area contributed by atoms with Crippen LogP contribution < -0.4 is 10.6 Å². The van der Waals surface area contributed by atoms with Crippen LogP contribution in [0.4, 0.5) is 11.5 Å². The molecular weight excluding hydrogens is 536 g/mol. The van der Waals surface area contributed by atoms with Crippen LogP contribution in [0.1, 0.15) is 76.5 Å². The lowest BCUT2D eigenvalue weighted by atomic mass is 10.1. The number of halogens is 1. The van der Waals surface area contributed by atoms with Gasteiger partial charge in [0.05, 0.1) is 11.4 Å². The molecule has 32 heavy (non-hydrogen) atoms. The third-order valence-corrected chi connectivity index (χ3v) is 4.29. The molecule has 9 heteroatoms. The number of rotatable bonds is 8. The van der Waals surface area contributed by atoms with Gasteiger partial charge in [-0.05, 0) is 33.8 Å². The number of anilines is 2. The Morgan fingerprint density at radius 2 is 1.31 bits per heavy atom. The van der Waals surface area contributed by atoms with Gasteiger partial charge in [-0.15, -0.1) is 24.0 Å². The van der Waals surface area contributed by atoms with Crippen LogP contribution in [0.25, 0.3) is 0 Å². The maximum atomic E-state index is 11.8. The standard InChI is InChI=1S/C12H20N2O.C11H19N3O.HI.H3P/c1-8(2)12(15)11-6-10(7-14(11)5)13-9(3)4;1-7(2)10(15)11-13-9(6-14(11)5)12-8(3)4;;/h6-9,13H,1-5H3;6-8,12H,1-5H3;1H;1H3. The molecule has 0 saturated heterocycles. The molecule has 2 rings (SSSR count). The zero-order chi connectivity index (χ0) is 23.2. The van der Waals surface area contributed by atoms with Crippen LogP contribution in [-0.2, 0) is 14.1 Å². The third kappa shape index (κ3) is 10.0. The van der Waals surface area contributed by atoms with E-state index in [1.54, 1.807) is 4.57 Å². The summed E-state index contributed by atoms with van der Waals surface area (Å²) in [5.41, 5.74) is 1.78. The number of nitrogens with one attached hydrogen (secondary N) is 2. The normalized spacial score (nSPS) is 10.4. The number of aryl methyl sites for hydroxylation is 2. The van der Waals surface area contributed by atoms with E-state index in [-0.39, 0.29) is 57.3 Å². The van der Waals surface area contributed by atoms with Crippen LogP contribution in [0.3, 0.4) is 0 Å².